The van der Waals surface area contributed by atoms with Gasteiger partial charge < -0.3 is 9.67 Å². The van der Waals surface area contributed by atoms with Gasteiger partial charge in [0, 0.05) is 25.2 Å². The van der Waals surface area contributed by atoms with Crippen LogP contribution in [0, 0.1) is 6.92 Å². The lowest BCUT2D eigenvalue weighted by Gasteiger charge is -2.38. The highest BCUT2D eigenvalue weighted by Gasteiger charge is 2.34. The number of aliphatic hydroxyl groups is 1. The zero-order valence-electron chi connectivity index (χ0n) is 13.0. The van der Waals surface area contributed by atoms with E-state index in [0.29, 0.717) is 17.9 Å². The molecule has 0 saturated carbocycles. The van der Waals surface area contributed by atoms with Crippen LogP contribution in [-0.4, -0.2) is 37.9 Å². The van der Waals surface area contributed by atoms with Crippen molar-refractivity contribution in [1.82, 2.24) is 19.7 Å². The van der Waals surface area contributed by atoms with Gasteiger partial charge >= 0.3 is 0 Å². The summed E-state index contributed by atoms with van der Waals surface area (Å²) in [5.41, 5.74) is 0.197. The van der Waals surface area contributed by atoms with Crippen LogP contribution in [0.3, 0.4) is 0 Å². The molecule has 1 aromatic heterocycles. The molecule has 0 aliphatic carbocycles. The molecule has 0 unspecified atom stereocenters. The van der Waals surface area contributed by atoms with Crippen LogP contribution in [0.5, 0.6) is 0 Å². The predicted octanol–water partition coefficient (Wildman–Crippen LogP) is 2.26. The number of rotatable bonds is 3. The van der Waals surface area contributed by atoms with E-state index < -0.39 is 5.60 Å². The molecule has 1 aliphatic heterocycles. The van der Waals surface area contributed by atoms with Crippen molar-refractivity contribution in [1.29, 1.82) is 0 Å². The summed E-state index contributed by atoms with van der Waals surface area (Å²) in [6.07, 6.45) is 1.43. The van der Waals surface area contributed by atoms with Gasteiger partial charge in [0.05, 0.1) is 12.1 Å². The zero-order valence-corrected chi connectivity index (χ0v) is 13.7. The molecule has 0 spiro atoms. The minimum Gasteiger partial charge on any atom is -0.385 e. The van der Waals surface area contributed by atoms with Gasteiger partial charge in [-0.05, 0) is 37.5 Å². The molecule has 2 aromatic rings. The zero-order chi connectivity index (χ0) is 15.7. The van der Waals surface area contributed by atoms with Crippen LogP contribution in [0.25, 0.3) is 0 Å². The topological polar surface area (TPSA) is 54.2 Å². The normalized spacial score (nSPS) is 18.5. The van der Waals surface area contributed by atoms with Crippen LogP contribution in [-0.2, 0) is 19.2 Å². The first-order chi connectivity index (χ1) is 10.5. The summed E-state index contributed by atoms with van der Waals surface area (Å²) in [5.74, 6) is 1.89. The van der Waals surface area contributed by atoms with Gasteiger partial charge in [-0.1, -0.05) is 23.7 Å². The van der Waals surface area contributed by atoms with Gasteiger partial charge in [0.1, 0.15) is 11.6 Å². The third kappa shape index (κ3) is 3.02. The smallest absolute Gasteiger partial charge is 0.146 e. The van der Waals surface area contributed by atoms with Crippen LogP contribution >= 0.6 is 11.6 Å². The molecule has 22 heavy (non-hydrogen) atoms. The summed E-state index contributed by atoms with van der Waals surface area (Å²) in [6.45, 7) is 4.40. The van der Waals surface area contributed by atoms with E-state index in [1.54, 1.807) is 0 Å². The van der Waals surface area contributed by atoms with Crippen LogP contribution in [0.2, 0.25) is 5.02 Å². The number of piperidine rings is 1. The highest BCUT2D eigenvalue weighted by Crippen LogP contribution is 2.33. The summed E-state index contributed by atoms with van der Waals surface area (Å²) in [6, 6.07) is 7.52. The summed E-state index contributed by atoms with van der Waals surface area (Å²) in [4.78, 5) is 2.31. The molecule has 5 nitrogen and oxygen atoms in total. The second-order valence-electron chi connectivity index (χ2n) is 6.04. The van der Waals surface area contributed by atoms with E-state index in [1.807, 2.05) is 42.8 Å². The molecule has 0 amide bonds. The average molecular weight is 321 g/mol. The minimum absolute atomic E-state index is 0.697. The standard InChI is InChI=1S/C16H21ClN4O/c1-12-18-19-15(20(12)2)11-21-9-7-16(22,8-10-21)13-3-5-14(17)6-4-13/h3-6,22H,7-11H2,1-2H3. The highest BCUT2D eigenvalue weighted by atomic mass is 35.5. The fourth-order valence-corrected chi connectivity index (χ4v) is 3.04. The maximum absolute atomic E-state index is 10.9. The number of aryl methyl sites for hydroxylation is 1. The van der Waals surface area contributed by atoms with Gasteiger partial charge in [0.25, 0.3) is 0 Å². The SMILES string of the molecule is Cc1nnc(CN2CCC(O)(c3ccc(Cl)cc3)CC2)n1C. The molecule has 1 aliphatic rings. The number of halogens is 1. The Bertz CT molecular complexity index is 645. The van der Waals surface area contributed by atoms with Crippen LogP contribution in [0.1, 0.15) is 30.1 Å². The van der Waals surface area contributed by atoms with Crippen molar-refractivity contribution in [2.45, 2.75) is 31.9 Å². The van der Waals surface area contributed by atoms with Crippen LogP contribution in [0.4, 0.5) is 0 Å². The predicted molar refractivity (Wildman–Crippen MR) is 85.6 cm³/mol. The summed E-state index contributed by atoms with van der Waals surface area (Å²) in [5, 5.41) is 19.9. The molecule has 0 radical (unpaired) electrons. The molecule has 0 atom stereocenters. The summed E-state index contributed by atoms with van der Waals surface area (Å²) < 4.78 is 2.01. The Labute approximate surface area is 135 Å². The van der Waals surface area contributed by atoms with E-state index in [2.05, 4.69) is 15.1 Å². The molecule has 1 aromatic carbocycles. The van der Waals surface area contributed by atoms with Crippen LogP contribution in [0.15, 0.2) is 24.3 Å². The van der Waals surface area contributed by atoms with E-state index in [9.17, 15) is 5.11 Å². The molecular formula is C16H21ClN4O. The number of nitrogens with zero attached hydrogens (tertiary/aromatic N) is 4. The fraction of sp³-hybridized carbons (Fsp3) is 0.500. The average Bonchev–Trinajstić information content (AvgIpc) is 2.82. The Hall–Kier alpha value is -1.43. The van der Waals surface area contributed by atoms with Gasteiger partial charge in [0.15, 0.2) is 0 Å². The molecule has 2 heterocycles. The number of likely N-dealkylation sites (tertiary alicyclic amines) is 1. The largest absolute Gasteiger partial charge is 0.385 e. The molecule has 1 saturated heterocycles. The maximum atomic E-state index is 10.9. The lowest BCUT2D eigenvalue weighted by Crippen LogP contribution is -2.42. The van der Waals surface area contributed by atoms with Crippen molar-refractivity contribution in [2.24, 2.45) is 7.05 Å². The van der Waals surface area contributed by atoms with Gasteiger partial charge in [-0.3, -0.25) is 4.90 Å². The van der Waals surface area contributed by atoms with Crippen molar-refractivity contribution in [2.75, 3.05) is 13.1 Å². The fourth-order valence-electron chi connectivity index (χ4n) is 2.92. The molecule has 6 heteroatoms. The van der Waals surface area contributed by atoms with Crippen molar-refractivity contribution in [3.63, 3.8) is 0 Å². The summed E-state index contributed by atoms with van der Waals surface area (Å²) in [7, 11) is 1.98. The first-order valence-corrected chi connectivity index (χ1v) is 7.91. The van der Waals surface area contributed by atoms with Gasteiger partial charge in [-0.15, -0.1) is 10.2 Å². The minimum atomic E-state index is -0.753. The first-order valence-electron chi connectivity index (χ1n) is 7.53. The lowest BCUT2D eigenvalue weighted by molar-refractivity contribution is -0.0283. The second-order valence-corrected chi connectivity index (χ2v) is 6.47. The van der Waals surface area contributed by atoms with Crippen molar-refractivity contribution in [3.05, 3.63) is 46.5 Å². The monoisotopic (exact) mass is 320 g/mol. The molecular weight excluding hydrogens is 300 g/mol. The van der Waals surface area contributed by atoms with Gasteiger partial charge in [-0.25, -0.2) is 0 Å². The second kappa shape index (κ2) is 5.99. The Morgan fingerprint density at radius 1 is 1.18 bits per heavy atom. The van der Waals surface area contributed by atoms with E-state index in [-0.39, 0.29) is 0 Å². The number of benzene rings is 1. The van der Waals surface area contributed by atoms with E-state index in [1.165, 1.54) is 0 Å². The quantitative estimate of drug-likeness (QED) is 0.942. The van der Waals surface area contributed by atoms with Gasteiger partial charge in [0.2, 0.25) is 0 Å². The van der Waals surface area contributed by atoms with Crippen molar-refractivity contribution >= 4 is 11.6 Å². The summed E-state index contributed by atoms with van der Waals surface area (Å²) >= 11 is 5.92. The molecule has 0 bridgehead atoms. The number of hydrogen-bond acceptors (Lipinski definition) is 4. The van der Waals surface area contributed by atoms with E-state index >= 15 is 0 Å². The Morgan fingerprint density at radius 3 is 2.36 bits per heavy atom. The third-order valence-electron chi connectivity index (χ3n) is 4.61. The Balaban J connectivity index is 1.64. The van der Waals surface area contributed by atoms with Gasteiger partial charge in [-0.2, -0.15) is 0 Å². The Kier molecular flexibility index (Phi) is 4.21. The van der Waals surface area contributed by atoms with E-state index in [0.717, 1.165) is 36.8 Å². The Morgan fingerprint density at radius 2 is 1.82 bits per heavy atom. The molecule has 3 rings (SSSR count). The third-order valence-corrected chi connectivity index (χ3v) is 4.86. The van der Waals surface area contributed by atoms with E-state index in [4.69, 9.17) is 11.6 Å². The van der Waals surface area contributed by atoms with Crippen molar-refractivity contribution in [3.8, 4) is 0 Å². The lowest BCUT2D eigenvalue weighted by atomic mass is 9.84. The number of hydrogen-bond donors (Lipinski definition) is 1. The van der Waals surface area contributed by atoms with Crippen molar-refractivity contribution < 1.29 is 5.11 Å². The highest BCUT2D eigenvalue weighted by molar-refractivity contribution is 6.30. The molecule has 1 fully saturated rings. The molecule has 118 valence electrons. The molecule has 1 N–H and O–H groups in total. The van der Waals surface area contributed by atoms with Crippen LogP contribution < -0.4 is 0 Å². The maximum Gasteiger partial charge on any atom is 0.146 e. The first kappa shape index (κ1) is 15.5. The number of aromatic nitrogens is 3.